The fourth-order valence-corrected chi connectivity index (χ4v) is 2.90. The zero-order chi connectivity index (χ0) is 16.9. The van der Waals surface area contributed by atoms with Gasteiger partial charge in [-0.3, -0.25) is 9.69 Å². The van der Waals surface area contributed by atoms with Crippen LogP contribution in [0.5, 0.6) is 5.75 Å². The van der Waals surface area contributed by atoms with Gasteiger partial charge in [-0.1, -0.05) is 42.5 Å². The van der Waals surface area contributed by atoms with Gasteiger partial charge < -0.3 is 10.1 Å². The number of carbonyl (C=O) groups is 1. The third-order valence-corrected chi connectivity index (χ3v) is 4.29. The van der Waals surface area contributed by atoms with Crippen molar-refractivity contribution in [1.29, 1.82) is 0 Å². The number of carbonyl (C=O) groups excluding carboxylic acids is 1. The highest BCUT2D eigenvalue weighted by atomic mass is 16.5. The highest BCUT2D eigenvalue weighted by molar-refractivity contribution is 5.83. The van der Waals surface area contributed by atoms with Crippen LogP contribution in [0.15, 0.2) is 54.6 Å². The summed E-state index contributed by atoms with van der Waals surface area (Å²) in [6.07, 6.45) is 2.18. The van der Waals surface area contributed by atoms with Gasteiger partial charge in [0.05, 0.1) is 7.11 Å². The first-order valence-electron chi connectivity index (χ1n) is 8.36. The van der Waals surface area contributed by atoms with Crippen LogP contribution in [-0.2, 0) is 11.3 Å². The second-order valence-electron chi connectivity index (χ2n) is 6.36. The van der Waals surface area contributed by atoms with E-state index in [0.717, 1.165) is 29.7 Å². The molecule has 2 aromatic rings. The van der Waals surface area contributed by atoms with Crippen molar-refractivity contribution in [2.75, 3.05) is 14.2 Å². The summed E-state index contributed by atoms with van der Waals surface area (Å²) in [6.45, 7) is 0.675. The largest absolute Gasteiger partial charge is 0.497 e. The van der Waals surface area contributed by atoms with Gasteiger partial charge in [-0.25, -0.2) is 0 Å². The lowest BCUT2D eigenvalue weighted by Crippen LogP contribution is -2.39. The van der Waals surface area contributed by atoms with Crippen molar-refractivity contribution in [2.24, 2.45) is 0 Å². The van der Waals surface area contributed by atoms with E-state index in [2.05, 4.69) is 16.3 Å². The third kappa shape index (κ3) is 4.15. The van der Waals surface area contributed by atoms with Crippen molar-refractivity contribution in [1.82, 2.24) is 10.2 Å². The molecule has 4 heteroatoms. The van der Waals surface area contributed by atoms with Gasteiger partial charge in [-0.05, 0) is 43.1 Å². The van der Waals surface area contributed by atoms with Gasteiger partial charge >= 0.3 is 0 Å². The van der Waals surface area contributed by atoms with E-state index in [-0.39, 0.29) is 11.9 Å². The summed E-state index contributed by atoms with van der Waals surface area (Å²) >= 11 is 0. The van der Waals surface area contributed by atoms with Gasteiger partial charge in [0.15, 0.2) is 0 Å². The summed E-state index contributed by atoms with van der Waals surface area (Å²) in [4.78, 5) is 14.9. The smallest absolute Gasteiger partial charge is 0.242 e. The van der Waals surface area contributed by atoms with Crippen molar-refractivity contribution in [2.45, 2.75) is 31.5 Å². The normalized spacial score (nSPS) is 15.1. The Labute approximate surface area is 143 Å². The first-order chi connectivity index (χ1) is 11.7. The Hall–Kier alpha value is -2.33. The number of rotatable bonds is 7. The SMILES string of the molecule is COc1cccc(CN(C)C(C(=O)NC2CC2)c2ccccc2)c1. The van der Waals surface area contributed by atoms with E-state index in [1.807, 2.05) is 55.6 Å². The Morgan fingerprint density at radius 2 is 1.96 bits per heavy atom. The van der Waals surface area contributed by atoms with E-state index in [9.17, 15) is 4.79 Å². The quantitative estimate of drug-likeness (QED) is 0.851. The van der Waals surface area contributed by atoms with Gasteiger partial charge in [-0.15, -0.1) is 0 Å². The molecule has 1 amide bonds. The maximum absolute atomic E-state index is 12.8. The van der Waals surface area contributed by atoms with Crippen molar-refractivity contribution >= 4 is 5.91 Å². The van der Waals surface area contributed by atoms with E-state index < -0.39 is 0 Å². The molecule has 4 nitrogen and oxygen atoms in total. The molecular weight excluding hydrogens is 300 g/mol. The minimum Gasteiger partial charge on any atom is -0.497 e. The van der Waals surface area contributed by atoms with Gasteiger partial charge in [0, 0.05) is 12.6 Å². The summed E-state index contributed by atoms with van der Waals surface area (Å²) in [5, 5.41) is 3.14. The maximum atomic E-state index is 12.8. The molecule has 0 saturated heterocycles. The van der Waals surface area contributed by atoms with Crippen LogP contribution in [0.25, 0.3) is 0 Å². The molecule has 0 bridgehead atoms. The summed E-state index contributed by atoms with van der Waals surface area (Å²) in [5.41, 5.74) is 2.14. The minimum atomic E-state index is -0.294. The highest BCUT2D eigenvalue weighted by Crippen LogP contribution is 2.25. The van der Waals surface area contributed by atoms with Crippen LogP contribution in [0.2, 0.25) is 0 Å². The Kier molecular flexibility index (Phi) is 5.16. The molecule has 1 fully saturated rings. The predicted octanol–water partition coefficient (Wildman–Crippen LogP) is 3.15. The number of hydrogen-bond donors (Lipinski definition) is 1. The number of ether oxygens (including phenoxy) is 1. The minimum absolute atomic E-state index is 0.0779. The molecule has 1 aliphatic carbocycles. The lowest BCUT2D eigenvalue weighted by molar-refractivity contribution is -0.126. The van der Waals surface area contributed by atoms with Gasteiger partial charge in [0.2, 0.25) is 5.91 Å². The van der Waals surface area contributed by atoms with E-state index >= 15 is 0 Å². The van der Waals surface area contributed by atoms with Crippen LogP contribution >= 0.6 is 0 Å². The lowest BCUT2D eigenvalue weighted by atomic mass is 10.0. The fraction of sp³-hybridized carbons (Fsp3) is 0.350. The summed E-state index contributed by atoms with van der Waals surface area (Å²) in [6, 6.07) is 18.0. The van der Waals surface area contributed by atoms with Crippen LogP contribution in [0.1, 0.15) is 30.0 Å². The van der Waals surface area contributed by atoms with Crippen LogP contribution in [0.4, 0.5) is 0 Å². The second-order valence-corrected chi connectivity index (χ2v) is 6.36. The lowest BCUT2D eigenvalue weighted by Gasteiger charge is -2.28. The van der Waals surface area contributed by atoms with E-state index in [1.54, 1.807) is 7.11 Å². The number of nitrogens with zero attached hydrogens (tertiary/aromatic N) is 1. The molecule has 2 aromatic carbocycles. The molecule has 3 rings (SSSR count). The highest BCUT2D eigenvalue weighted by Gasteiger charge is 2.30. The first kappa shape index (κ1) is 16.5. The Morgan fingerprint density at radius 3 is 2.62 bits per heavy atom. The average Bonchev–Trinajstić information content (AvgIpc) is 3.40. The molecule has 1 saturated carbocycles. The molecule has 24 heavy (non-hydrogen) atoms. The third-order valence-electron chi connectivity index (χ3n) is 4.29. The van der Waals surface area contributed by atoms with Gasteiger partial charge in [-0.2, -0.15) is 0 Å². The number of amides is 1. The standard InChI is InChI=1S/C20H24N2O2/c1-22(14-15-7-6-10-18(13-15)24-2)19(16-8-4-3-5-9-16)20(23)21-17-11-12-17/h3-10,13,17,19H,11-12,14H2,1-2H3,(H,21,23). The van der Waals surface area contributed by atoms with Crippen molar-refractivity contribution in [3.8, 4) is 5.75 Å². The predicted molar refractivity (Wildman–Crippen MR) is 94.8 cm³/mol. The number of hydrogen-bond acceptors (Lipinski definition) is 3. The Balaban J connectivity index is 1.79. The molecule has 1 aliphatic rings. The van der Waals surface area contributed by atoms with Gasteiger partial charge in [0.25, 0.3) is 0 Å². The summed E-state index contributed by atoms with van der Waals surface area (Å²) < 4.78 is 5.29. The van der Waals surface area contributed by atoms with Crippen molar-refractivity contribution < 1.29 is 9.53 Å². The average molecular weight is 324 g/mol. The molecule has 1 unspecified atom stereocenters. The topological polar surface area (TPSA) is 41.6 Å². The monoisotopic (exact) mass is 324 g/mol. The molecule has 0 aliphatic heterocycles. The molecule has 1 N–H and O–H groups in total. The summed E-state index contributed by atoms with van der Waals surface area (Å²) in [5.74, 6) is 0.911. The zero-order valence-corrected chi connectivity index (χ0v) is 14.2. The summed E-state index contributed by atoms with van der Waals surface area (Å²) in [7, 11) is 3.66. The van der Waals surface area contributed by atoms with E-state index in [0.29, 0.717) is 12.6 Å². The van der Waals surface area contributed by atoms with Crippen molar-refractivity contribution in [3.63, 3.8) is 0 Å². The maximum Gasteiger partial charge on any atom is 0.242 e. The molecule has 126 valence electrons. The van der Waals surface area contributed by atoms with Crippen LogP contribution in [0.3, 0.4) is 0 Å². The van der Waals surface area contributed by atoms with E-state index in [4.69, 9.17) is 4.74 Å². The fourth-order valence-electron chi connectivity index (χ4n) is 2.90. The zero-order valence-electron chi connectivity index (χ0n) is 14.2. The molecular formula is C20H24N2O2. The number of likely N-dealkylation sites (N-methyl/N-ethyl adjacent to an activating group) is 1. The molecule has 0 radical (unpaired) electrons. The number of benzene rings is 2. The Bertz CT molecular complexity index is 683. The molecule has 1 atom stereocenters. The van der Waals surface area contributed by atoms with Crippen molar-refractivity contribution in [3.05, 3.63) is 65.7 Å². The second kappa shape index (κ2) is 7.49. The number of nitrogens with one attached hydrogen (secondary N) is 1. The molecule has 0 aromatic heterocycles. The van der Waals surface area contributed by atoms with Gasteiger partial charge in [0.1, 0.15) is 11.8 Å². The Morgan fingerprint density at radius 1 is 1.21 bits per heavy atom. The van der Waals surface area contributed by atoms with E-state index in [1.165, 1.54) is 0 Å². The van der Waals surface area contributed by atoms with Crippen LogP contribution in [0, 0.1) is 0 Å². The van der Waals surface area contributed by atoms with Crippen LogP contribution in [-0.4, -0.2) is 31.0 Å². The molecule has 0 spiro atoms. The number of methoxy groups -OCH3 is 1. The van der Waals surface area contributed by atoms with Crippen LogP contribution < -0.4 is 10.1 Å². The molecule has 0 heterocycles. The first-order valence-corrected chi connectivity index (χ1v) is 8.36.